The number of nitrogens with zero attached hydrogens (tertiary/aromatic N) is 2. The summed E-state index contributed by atoms with van der Waals surface area (Å²) in [6.07, 6.45) is 3.65. The lowest BCUT2D eigenvalue weighted by atomic mass is 10.0. The molecule has 2 rings (SSSR count). The highest BCUT2D eigenvalue weighted by molar-refractivity contribution is 5.65. The van der Waals surface area contributed by atoms with Crippen LogP contribution < -0.4 is 5.73 Å². The van der Waals surface area contributed by atoms with E-state index in [0.717, 1.165) is 5.56 Å². The molecule has 0 saturated carbocycles. The molecule has 0 radical (unpaired) electrons. The third kappa shape index (κ3) is 2.09. The van der Waals surface area contributed by atoms with E-state index in [0.29, 0.717) is 5.82 Å². The van der Waals surface area contributed by atoms with Crippen LogP contribution in [-0.4, -0.2) is 9.97 Å². The predicted octanol–water partition coefficient (Wildman–Crippen LogP) is 2.47. The van der Waals surface area contributed by atoms with Gasteiger partial charge in [0.2, 0.25) is 0 Å². The maximum Gasteiger partial charge on any atom is 0.144 e. The highest BCUT2D eigenvalue weighted by Crippen LogP contribution is 2.21. The quantitative estimate of drug-likeness (QED) is 0.833. The summed E-state index contributed by atoms with van der Waals surface area (Å²) < 4.78 is 0. The second kappa shape index (κ2) is 4.41. The van der Waals surface area contributed by atoms with Gasteiger partial charge >= 0.3 is 0 Å². The molecule has 0 bridgehead atoms. The molecule has 0 spiro atoms. The summed E-state index contributed by atoms with van der Waals surface area (Å²) in [6, 6.07) is 8.07. The van der Waals surface area contributed by atoms with Gasteiger partial charge in [-0.15, -0.1) is 0 Å². The third-order valence-electron chi connectivity index (χ3n) is 2.54. The van der Waals surface area contributed by atoms with Crippen molar-refractivity contribution >= 4 is 0 Å². The van der Waals surface area contributed by atoms with Gasteiger partial charge in [-0.2, -0.15) is 0 Å². The molecule has 0 amide bonds. The van der Waals surface area contributed by atoms with Crippen molar-refractivity contribution in [3.8, 4) is 11.1 Å². The number of benzene rings is 1. The fourth-order valence-corrected chi connectivity index (χ4v) is 1.61. The van der Waals surface area contributed by atoms with Gasteiger partial charge < -0.3 is 5.73 Å². The van der Waals surface area contributed by atoms with E-state index in [1.165, 1.54) is 11.1 Å². The zero-order chi connectivity index (χ0) is 11.5. The molecule has 3 nitrogen and oxygen atoms in total. The van der Waals surface area contributed by atoms with E-state index in [9.17, 15) is 0 Å². The van der Waals surface area contributed by atoms with Crippen LogP contribution in [0.4, 0.5) is 0 Å². The first-order valence-corrected chi connectivity index (χ1v) is 5.32. The maximum atomic E-state index is 5.71. The zero-order valence-electron chi connectivity index (χ0n) is 9.51. The molecule has 0 saturated heterocycles. The van der Waals surface area contributed by atoms with Crippen LogP contribution in [0.1, 0.15) is 24.4 Å². The minimum absolute atomic E-state index is 0.120. The van der Waals surface area contributed by atoms with Gasteiger partial charge in [0.25, 0.3) is 0 Å². The van der Waals surface area contributed by atoms with Crippen molar-refractivity contribution in [2.75, 3.05) is 0 Å². The Morgan fingerprint density at radius 1 is 1.12 bits per heavy atom. The van der Waals surface area contributed by atoms with E-state index < -0.39 is 0 Å². The minimum atomic E-state index is -0.120. The summed E-state index contributed by atoms with van der Waals surface area (Å²) in [6.45, 7) is 3.96. The largest absolute Gasteiger partial charge is 0.322 e. The Labute approximate surface area is 95.4 Å². The monoisotopic (exact) mass is 213 g/mol. The lowest BCUT2D eigenvalue weighted by Crippen LogP contribution is -2.09. The number of hydrogen-bond acceptors (Lipinski definition) is 3. The third-order valence-corrected chi connectivity index (χ3v) is 2.54. The van der Waals surface area contributed by atoms with Crippen LogP contribution in [0, 0.1) is 6.92 Å². The molecule has 0 aliphatic carbocycles. The summed E-state index contributed by atoms with van der Waals surface area (Å²) in [7, 11) is 0. The minimum Gasteiger partial charge on any atom is -0.322 e. The van der Waals surface area contributed by atoms with Crippen LogP contribution in [0.25, 0.3) is 11.1 Å². The van der Waals surface area contributed by atoms with Crippen molar-refractivity contribution < 1.29 is 0 Å². The summed E-state index contributed by atoms with van der Waals surface area (Å²) in [5.41, 5.74) is 9.12. The number of nitrogens with two attached hydrogens (primary N) is 1. The van der Waals surface area contributed by atoms with Gasteiger partial charge in [0.1, 0.15) is 5.82 Å². The van der Waals surface area contributed by atoms with E-state index in [1.54, 1.807) is 0 Å². The lowest BCUT2D eigenvalue weighted by molar-refractivity contribution is 0.739. The van der Waals surface area contributed by atoms with Gasteiger partial charge in [-0.25, -0.2) is 9.97 Å². The highest BCUT2D eigenvalue weighted by Gasteiger charge is 2.05. The van der Waals surface area contributed by atoms with Crippen LogP contribution in [-0.2, 0) is 0 Å². The number of aryl methyl sites for hydroxylation is 1. The number of hydrogen-bond donors (Lipinski definition) is 1. The Morgan fingerprint density at radius 3 is 2.31 bits per heavy atom. The Balaban J connectivity index is 2.39. The van der Waals surface area contributed by atoms with Gasteiger partial charge in [0, 0.05) is 18.0 Å². The molecule has 1 heterocycles. The zero-order valence-corrected chi connectivity index (χ0v) is 9.51. The van der Waals surface area contributed by atoms with Crippen molar-refractivity contribution in [2.45, 2.75) is 19.9 Å². The molecule has 0 aliphatic rings. The smallest absolute Gasteiger partial charge is 0.144 e. The SMILES string of the molecule is Cc1ccccc1-c1cnc(C(C)N)nc1. The highest BCUT2D eigenvalue weighted by atomic mass is 14.9. The summed E-state index contributed by atoms with van der Waals surface area (Å²) in [5, 5.41) is 0. The molecule has 1 atom stereocenters. The molecule has 82 valence electrons. The number of rotatable bonds is 2. The van der Waals surface area contributed by atoms with Crippen molar-refractivity contribution in [3.05, 3.63) is 48.0 Å². The summed E-state index contributed by atoms with van der Waals surface area (Å²) in [4.78, 5) is 8.52. The molecule has 2 aromatic rings. The van der Waals surface area contributed by atoms with Crippen molar-refractivity contribution in [2.24, 2.45) is 5.73 Å². The first kappa shape index (κ1) is 10.8. The molecule has 1 aromatic heterocycles. The van der Waals surface area contributed by atoms with Crippen molar-refractivity contribution in [1.29, 1.82) is 0 Å². The fourth-order valence-electron chi connectivity index (χ4n) is 1.61. The van der Waals surface area contributed by atoms with Crippen LogP contribution in [0.3, 0.4) is 0 Å². The molecule has 1 unspecified atom stereocenters. The van der Waals surface area contributed by atoms with E-state index in [2.05, 4.69) is 29.0 Å². The van der Waals surface area contributed by atoms with E-state index >= 15 is 0 Å². The van der Waals surface area contributed by atoms with Gasteiger partial charge in [-0.05, 0) is 25.0 Å². The molecular formula is C13H15N3. The van der Waals surface area contributed by atoms with Gasteiger partial charge in [-0.1, -0.05) is 24.3 Å². The van der Waals surface area contributed by atoms with Crippen LogP contribution in [0.2, 0.25) is 0 Å². The molecule has 1 aromatic carbocycles. The average Bonchev–Trinajstić information content (AvgIpc) is 2.30. The fraction of sp³-hybridized carbons (Fsp3) is 0.231. The average molecular weight is 213 g/mol. The van der Waals surface area contributed by atoms with Crippen LogP contribution in [0.15, 0.2) is 36.7 Å². The van der Waals surface area contributed by atoms with Gasteiger partial charge in [0.15, 0.2) is 0 Å². The van der Waals surface area contributed by atoms with Gasteiger partial charge in [-0.3, -0.25) is 0 Å². The number of aromatic nitrogens is 2. The molecule has 16 heavy (non-hydrogen) atoms. The standard InChI is InChI=1S/C13H15N3/c1-9-5-3-4-6-12(9)11-7-15-13(10(2)14)16-8-11/h3-8,10H,14H2,1-2H3. The van der Waals surface area contributed by atoms with Crippen LogP contribution >= 0.6 is 0 Å². The normalized spacial score (nSPS) is 12.4. The van der Waals surface area contributed by atoms with Crippen molar-refractivity contribution in [3.63, 3.8) is 0 Å². The Kier molecular flexibility index (Phi) is 2.97. The first-order valence-electron chi connectivity index (χ1n) is 5.32. The summed E-state index contributed by atoms with van der Waals surface area (Å²) >= 11 is 0. The van der Waals surface area contributed by atoms with Crippen LogP contribution in [0.5, 0.6) is 0 Å². The molecule has 3 heteroatoms. The molecule has 0 aliphatic heterocycles. The van der Waals surface area contributed by atoms with E-state index in [4.69, 9.17) is 5.73 Å². The Bertz CT molecular complexity index is 475. The summed E-state index contributed by atoms with van der Waals surface area (Å²) in [5.74, 6) is 0.678. The lowest BCUT2D eigenvalue weighted by Gasteiger charge is -2.07. The molecular weight excluding hydrogens is 198 g/mol. The topological polar surface area (TPSA) is 51.8 Å². The van der Waals surface area contributed by atoms with E-state index in [-0.39, 0.29) is 6.04 Å². The molecule has 2 N–H and O–H groups in total. The Hall–Kier alpha value is -1.74. The predicted molar refractivity (Wildman–Crippen MR) is 64.8 cm³/mol. The molecule has 0 fully saturated rings. The maximum absolute atomic E-state index is 5.71. The Morgan fingerprint density at radius 2 is 1.75 bits per heavy atom. The second-order valence-electron chi connectivity index (χ2n) is 3.93. The second-order valence-corrected chi connectivity index (χ2v) is 3.93. The first-order chi connectivity index (χ1) is 7.68. The van der Waals surface area contributed by atoms with Crippen molar-refractivity contribution in [1.82, 2.24) is 9.97 Å². The van der Waals surface area contributed by atoms with Gasteiger partial charge in [0.05, 0.1) is 6.04 Å². The van der Waals surface area contributed by atoms with E-state index in [1.807, 2.05) is 31.5 Å².